The zero-order chi connectivity index (χ0) is 14.9. The van der Waals surface area contributed by atoms with Gasteiger partial charge in [0.15, 0.2) is 0 Å². The van der Waals surface area contributed by atoms with Crippen molar-refractivity contribution in [3.8, 4) is 5.75 Å². The SMILES string of the molecule is C[C@]12C(=O)N(c3cc(Cl)ccc3O)C(=O)[C@@H]1[C@@H]1C=C[C@H]2C1. The van der Waals surface area contributed by atoms with E-state index in [9.17, 15) is 14.7 Å². The molecule has 1 saturated heterocycles. The van der Waals surface area contributed by atoms with E-state index in [-0.39, 0.29) is 41.0 Å². The van der Waals surface area contributed by atoms with Crippen LogP contribution in [0.4, 0.5) is 5.69 Å². The van der Waals surface area contributed by atoms with Crippen LogP contribution in [0.3, 0.4) is 0 Å². The summed E-state index contributed by atoms with van der Waals surface area (Å²) in [6.07, 6.45) is 4.96. The van der Waals surface area contributed by atoms with Crippen molar-refractivity contribution in [3.63, 3.8) is 0 Å². The van der Waals surface area contributed by atoms with Crippen LogP contribution in [-0.4, -0.2) is 16.9 Å². The predicted octanol–water partition coefficient (Wildman–Crippen LogP) is 2.75. The molecule has 3 aliphatic rings. The number of aromatic hydroxyl groups is 1. The lowest BCUT2D eigenvalue weighted by Crippen LogP contribution is -2.37. The Balaban J connectivity index is 1.85. The van der Waals surface area contributed by atoms with Gasteiger partial charge < -0.3 is 5.11 Å². The molecule has 1 N–H and O–H groups in total. The smallest absolute Gasteiger partial charge is 0.241 e. The molecule has 2 bridgehead atoms. The maximum Gasteiger partial charge on any atom is 0.241 e. The van der Waals surface area contributed by atoms with E-state index in [4.69, 9.17) is 11.6 Å². The Bertz CT molecular complexity index is 713. The summed E-state index contributed by atoms with van der Waals surface area (Å²) < 4.78 is 0. The number of fused-ring (bicyclic) bond motifs is 5. The minimum Gasteiger partial charge on any atom is -0.506 e. The van der Waals surface area contributed by atoms with Crippen molar-refractivity contribution in [2.45, 2.75) is 13.3 Å². The molecule has 2 aliphatic carbocycles. The van der Waals surface area contributed by atoms with Gasteiger partial charge in [-0.05, 0) is 43.4 Å². The Hall–Kier alpha value is -1.81. The first-order valence-corrected chi connectivity index (χ1v) is 7.37. The summed E-state index contributed by atoms with van der Waals surface area (Å²) in [6.45, 7) is 1.87. The number of imide groups is 1. The van der Waals surface area contributed by atoms with E-state index in [1.54, 1.807) is 0 Å². The average molecular weight is 304 g/mol. The van der Waals surface area contributed by atoms with Gasteiger partial charge in [0.05, 0.1) is 17.0 Å². The molecule has 1 heterocycles. The van der Waals surface area contributed by atoms with E-state index < -0.39 is 5.41 Å². The molecule has 0 spiro atoms. The monoisotopic (exact) mass is 303 g/mol. The predicted molar refractivity (Wildman–Crippen MR) is 77.9 cm³/mol. The highest BCUT2D eigenvalue weighted by Gasteiger charge is 2.67. The molecule has 1 aliphatic heterocycles. The Morgan fingerprint density at radius 1 is 1.33 bits per heavy atom. The van der Waals surface area contributed by atoms with E-state index >= 15 is 0 Å². The molecule has 1 aromatic rings. The Morgan fingerprint density at radius 2 is 2.10 bits per heavy atom. The fraction of sp³-hybridized carbons (Fsp3) is 0.375. The largest absolute Gasteiger partial charge is 0.506 e. The molecular weight excluding hydrogens is 290 g/mol. The molecule has 21 heavy (non-hydrogen) atoms. The highest BCUT2D eigenvalue weighted by molar-refractivity contribution is 6.32. The maximum absolute atomic E-state index is 12.9. The van der Waals surface area contributed by atoms with Gasteiger partial charge in [-0.15, -0.1) is 0 Å². The van der Waals surface area contributed by atoms with Gasteiger partial charge in [0, 0.05) is 5.02 Å². The van der Waals surface area contributed by atoms with Gasteiger partial charge in [-0.25, -0.2) is 4.90 Å². The second-order valence-electron chi connectivity index (χ2n) is 6.26. The minimum atomic E-state index is -0.689. The molecule has 1 aromatic carbocycles. The fourth-order valence-electron chi connectivity index (χ4n) is 4.21. The summed E-state index contributed by atoms with van der Waals surface area (Å²) in [5.74, 6) is -0.648. The molecule has 1 saturated carbocycles. The van der Waals surface area contributed by atoms with Crippen LogP contribution in [0.15, 0.2) is 30.4 Å². The molecule has 2 amide bonds. The lowest BCUT2D eigenvalue weighted by atomic mass is 9.71. The molecule has 4 nitrogen and oxygen atoms in total. The Morgan fingerprint density at radius 3 is 2.81 bits per heavy atom. The van der Waals surface area contributed by atoms with Crippen LogP contribution < -0.4 is 4.90 Å². The zero-order valence-corrected chi connectivity index (χ0v) is 12.2. The second-order valence-corrected chi connectivity index (χ2v) is 6.70. The van der Waals surface area contributed by atoms with Gasteiger partial charge in [0.2, 0.25) is 11.8 Å². The van der Waals surface area contributed by atoms with Crippen molar-refractivity contribution in [2.75, 3.05) is 4.90 Å². The van der Waals surface area contributed by atoms with Crippen LogP contribution >= 0.6 is 11.6 Å². The summed E-state index contributed by atoms with van der Waals surface area (Å²) in [5, 5.41) is 10.4. The number of allylic oxidation sites excluding steroid dienone is 2. The third-order valence-corrected chi connectivity index (χ3v) is 5.52. The number of hydrogen-bond donors (Lipinski definition) is 1. The van der Waals surface area contributed by atoms with Crippen molar-refractivity contribution in [3.05, 3.63) is 35.4 Å². The highest BCUT2D eigenvalue weighted by atomic mass is 35.5. The number of phenolic OH excluding ortho intramolecular Hbond substituents is 1. The number of phenols is 1. The van der Waals surface area contributed by atoms with Crippen LogP contribution in [0.25, 0.3) is 0 Å². The number of hydrogen-bond acceptors (Lipinski definition) is 3. The summed E-state index contributed by atoms with van der Waals surface area (Å²) in [4.78, 5) is 26.8. The fourth-order valence-corrected chi connectivity index (χ4v) is 4.38. The first-order chi connectivity index (χ1) is 9.94. The van der Waals surface area contributed by atoms with Gasteiger partial charge in [-0.2, -0.15) is 0 Å². The number of anilines is 1. The number of rotatable bonds is 1. The van der Waals surface area contributed by atoms with Crippen LogP contribution in [0, 0.1) is 23.2 Å². The maximum atomic E-state index is 12.9. The van der Waals surface area contributed by atoms with Crippen LogP contribution in [0.5, 0.6) is 5.75 Å². The lowest BCUT2D eigenvalue weighted by Gasteiger charge is -2.28. The van der Waals surface area contributed by atoms with Crippen molar-refractivity contribution in [1.82, 2.24) is 0 Å². The first kappa shape index (κ1) is 12.9. The molecule has 2 fully saturated rings. The van der Waals surface area contributed by atoms with Crippen molar-refractivity contribution in [1.29, 1.82) is 0 Å². The average Bonchev–Trinajstić information content (AvgIpc) is 3.06. The molecule has 5 heteroatoms. The number of halogens is 1. The van der Waals surface area contributed by atoms with Crippen LogP contribution in [-0.2, 0) is 9.59 Å². The van der Waals surface area contributed by atoms with E-state index in [0.717, 1.165) is 11.3 Å². The number of carbonyl (C=O) groups excluding carboxylic acids is 2. The van der Waals surface area contributed by atoms with Crippen molar-refractivity contribution in [2.24, 2.45) is 23.2 Å². The number of carbonyl (C=O) groups is 2. The van der Waals surface area contributed by atoms with E-state index in [1.165, 1.54) is 18.2 Å². The summed E-state index contributed by atoms with van der Waals surface area (Å²) >= 11 is 5.94. The Labute approximate surface area is 127 Å². The number of nitrogens with zero attached hydrogens (tertiary/aromatic N) is 1. The molecule has 0 radical (unpaired) electrons. The quantitative estimate of drug-likeness (QED) is 0.641. The topological polar surface area (TPSA) is 57.6 Å². The molecule has 108 valence electrons. The van der Waals surface area contributed by atoms with Gasteiger partial charge in [-0.3, -0.25) is 9.59 Å². The van der Waals surface area contributed by atoms with Crippen LogP contribution in [0.2, 0.25) is 5.02 Å². The van der Waals surface area contributed by atoms with Crippen molar-refractivity contribution < 1.29 is 14.7 Å². The third kappa shape index (κ3) is 1.41. The molecule has 4 rings (SSSR count). The van der Waals surface area contributed by atoms with E-state index in [0.29, 0.717) is 5.02 Å². The van der Waals surface area contributed by atoms with Gasteiger partial charge in [0.1, 0.15) is 5.75 Å². The Kier molecular flexibility index (Phi) is 2.39. The van der Waals surface area contributed by atoms with Gasteiger partial charge in [-0.1, -0.05) is 23.8 Å². The molecule has 0 unspecified atom stereocenters. The third-order valence-electron chi connectivity index (χ3n) is 5.29. The summed E-state index contributed by atoms with van der Waals surface area (Å²) in [7, 11) is 0. The summed E-state index contributed by atoms with van der Waals surface area (Å²) in [5.41, 5.74) is -0.502. The summed E-state index contributed by atoms with van der Waals surface area (Å²) in [6, 6.07) is 4.40. The van der Waals surface area contributed by atoms with Gasteiger partial charge in [0.25, 0.3) is 0 Å². The second kappa shape index (κ2) is 3.89. The minimum absolute atomic E-state index is 0.107. The highest BCUT2D eigenvalue weighted by Crippen LogP contribution is 2.61. The van der Waals surface area contributed by atoms with E-state index in [1.807, 2.05) is 19.1 Å². The zero-order valence-electron chi connectivity index (χ0n) is 11.4. The molecule has 0 aromatic heterocycles. The molecule has 4 atom stereocenters. The number of benzene rings is 1. The number of amides is 2. The van der Waals surface area contributed by atoms with Crippen molar-refractivity contribution >= 4 is 29.1 Å². The standard InChI is InChI=1S/C16H14ClNO3/c1-16-9-3-2-8(6-9)13(16)14(20)18(15(16)21)11-7-10(17)4-5-12(11)19/h2-5,7-9,13,19H,6H2,1H3/t8-,9+,13+,16-/m1/s1. The normalized spacial score (nSPS) is 36.7. The lowest BCUT2D eigenvalue weighted by molar-refractivity contribution is -0.127. The molecular formula is C16H14ClNO3. The van der Waals surface area contributed by atoms with Gasteiger partial charge >= 0.3 is 0 Å². The first-order valence-electron chi connectivity index (χ1n) is 7.00. The van der Waals surface area contributed by atoms with E-state index in [2.05, 4.69) is 0 Å². The van der Waals surface area contributed by atoms with Crippen LogP contribution in [0.1, 0.15) is 13.3 Å².